The number of hydrogen-bond acceptors (Lipinski definition) is 5. The van der Waals surface area contributed by atoms with E-state index in [0.717, 1.165) is 22.5 Å². The van der Waals surface area contributed by atoms with Gasteiger partial charge in [0.1, 0.15) is 11.6 Å². The summed E-state index contributed by atoms with van der Waals surface area (Å²) in [6.07, 6.45) is 1.63. The maximum absolute atomic E-state index is 13.1. The molecular weight excluding hydrogens is 427 g/mol. The van der Waals surface area contributed by atoms with Gasteiger partial charge in [0, 0.05) is 0 Å². The second kappa shape index (κ2) is 9.82. The van der Waals surface area contributed by atoms with Crippen LogP contribution in [0.3, 0.4) is 0 Å². The van der Waals surface area contributed by atoms with Crippen LogP contribution in [0.25, 0.3) is 11.4 Å². The topological polar surface area (TPSA) is 72.9 Å². The number of thioether (sulfide) groups is 1. The molecule has 1 amide bonds. The van der Waals surface area contributed by atoms with Crippen LogP contribution < -0.4 is 5.32 Å². The van der Waals surface area contributed by atoms with E-state index in [2.05, 4.69) is 15.5 Å². The van der Waals surface area contributed by atoms with Gasteiger partial charge in [0.15, 0.2) is 11.0 Å². The van der Waals surface area contributed by atoms with Crippen LogP contribution in [0.1, 0.15) is 29.9 Å². The lowest BCUT2D eigenvalue weighted by Crippen LogP contribution is -2.28. The summed E-state index contributed by atoms with van der Waals surface area (Å²) in [5, 5.41) is 12.3. The van der Waals surface area contributed by atoms with Gasteiger partial charge in [-0.15, -0.1) is 10.2 Å². The summed E-state index contributed by atoms with van der Waals surface area (Å²) >= 11 is 1.32. The van der Waals surface area contributed by atoms with Crippen LogP contribution in [0, 0.1) is 12.7 Å². The Morgan fingerprint density at radius 3 is 2.56 bits per heavy atom. The number of halogens is 1. The van der Waals surface area contributed by atoms with Crippen molar-refractivity contribution in [2.75, 3.05) is 5.75 Å². The maximum atomic E-state index is 13.1. The van der Waals surface area contributed by atoms with Crippen molar-refractivity contribution in [1.82, 2.24) is 20.1 Å². The highest BCUT2D eigenvalue weighted by molar-refractivity contribution is 7.99. The van der Waals surface area contributed by atoms with Gasteiger partial charge in [0.2, 0.25) is 5.91 Å². The van der Waals surface area contributed by atoms with Crippen molar-refractivity contribution in [3.05, 3.63) is 89.6 Å². The van der Waals surface area contributed by atoms with Gasteiger partial charge in [-0.2, -0.15) is 0 Å². The molecular formula is C24H23FN4O2S. The van der Waals surface area contributed by atoms with Crippen LogP contribution in [0.15, 0.2) is 76.5 Å². The molecule has 2 aromatic heterocycles. The zero-order valence-electron chi connectivity index (χ0n) is 17.8. The first-order chi connectivity index (χ1) is 15.5. The predicted molar refractivity (Wildman–Crippen MR) is 122 cm³/mol. The highest BCUT2D eigenvalue weighted by Gasteiger charge is 2.19. The fourth-order valence-electron chi connectivity index (χ4n) is 3.37. The van der Waals surface area contributed by atoms with Gasteiger partial charge in [-0.3, -0.25) is 9.36 Å². The molecule has 0 radical (unpaired) electrons. The lowest BCUT2D eigenvalue weighted by molar-refractivity contribution is -0.119. The number of carbonyl (C=O) groups is 1. The summed E-state index contributed by atoms with van der Waals surface area (Å²) < 4.78 is 20.6. The van der Waals surface area contributed by atoms with Crippen LogP contribution in [0.4, 0.5) is 4.39 Å². The van der Waals surface area contributed by atoms with E-state index in [9.17, 15) is 9.18 Å². The zero-order valence-corrected chi connectivity index (χ0v) is 18.6. The summed E-state index contributed by atoms with van der Waals surface area (Å²) in [5.41, 5.74) is 2.82. The van der Waals surface area contributed by atoms with Crippen molar-refractivity contribution < 1.29 is 13.6 Å². The average Bonchev–Trinajstić information content (AvgIpc) is 3.39. The molecule has 6 nitrogen and oxygen atoms in total. The summed E-state index contributed by atoms with van der Waals surface area (Å²) in [6, 6.07) is 17.8. The molecule has 0 saturated carbocycles. The van der Waals surface area contributed by atoms with E-state index in [1.54, 1.807) is 18.4 Å². The van der Waals surface area contributed by atoms with Crippen molar-refractivity contribution in [2.45, 2.75) is 31.6 Å². The average molecular weight is 451 g/mol. The van der Waals surface area contributed by atoms with E-state index in [1.165, 1.54) is 23.9 Å². The Morgan fingerprint density at radius 1 is 1.12 bits per heavy atom. The van der Waals surface area contributed by atoms with Crippen molar-refractivity contribution >= 4 is 17.7 Å². The van der Waals surface area contributed by atoms with Gasteiger partial charge in [-0.05, 0) is 43.2 Å². The van der Waals surface area contributed by atoms with Crippen LogP contribution in [-0.4, -0.2) is 26.4 Å². The number of carbonyl (C=O) groups excluding carboxylic acids is 1. The number of hydrogen-bond donors (Lipinski definition) is 1. The standard InChI is InChI=1S/C24H23FN4O2S/c1-16(19-8-10-20(25)11-9-19)26-22(30)15-32-24-28-27-23(21-12-13-31-17(21)2)29(24)14-18-6-4-3-5-7-18/h3-13,16H,14-15H2,1-2H3,(H,26,30)/t16-/m0/s1. The first-order valence-corrected chi connectivity index (χ1v) is 11.2. The van der Waals surface area contributed by atoms with Crippen LogP contribution in [-0.2, 0) is 11.3 Å². The first kappa shape index (κ1) is 21.8. The second-order valence-corrected chi connectivity index (χ2v) is 8.34. The van der Waals surface area contributed by atoms with Gasteiger partial charge in [-0.1, -0.05) is 54.2 Å². The van der Waals surface area contributed by atoms with Crippen LogP contribution in [0.2, 0.25) is 0 Å². The Hall–Kier alpha value is -3.39. The molecule has 164 valence electrons. The summed E-state index contributed by atoms with van der Waals surface area (Å²) in [4.78, 5) is 12.5. The maximum Gasteiger partial charge on any atom is 0.230 e. The van der Waals surface area contributed by atoms with E-state index in [0.29, 0.717) is 17.5 Å². The quantitative estimate of drug-likeness (QED) is 0.382. The van der Waals surface area contributed by atoms with Crippen molar-refractivity contribution in [2.24, 2.45) is 0 Å². The molecule has 1 atom stereocenters. The third-order valence-corrected chi connectivity index (χ3v) is 6.05. The minimum atomic E-state index is -0.302. The minimum absolute atomic E-state index is 0.137. The Morgan fingerprint density at radius 2 is 1.88 bits per heavy atom. The Labute approximate surface area is 189 Å². The van der Waals surface area contributed by atoms with Crippen molar-refractivity contribution in [3.63, 3.8) is 0 Å². The number of benzene rings is 2. The molecule has 8 heteroatoms. The van der Waals surface area contributed by atoms with Crippen LogP contribution >= 0.6 is 11.8 Å². The number of aryl methyl sites for hydroxylation is 1. The highest BCUT2D eigenvalue weighted by atomic mass is 32.2. The number of amides is 1. The fourth-order valence-corrected chi connectivity index (χ4v) is 4.12. The van der Waals surface area contributed by atoms with Gasteiger partial charge >= 0.3 is 0 Å². The lowest BCUT2D eigenvalue weighted by Gasteiger charge is -2.14. The molecule has 1 N–H and O–H groups in total. The van der Waals surface area contributed by atoms with E-state index in [1.807, 2.05) is 54.8 Å². The van der Waals surface area contributed by atoms with E-state index >= 15 is 0 Å². The zero-order chi connectivity index (χ0) is 22.5. The Balaban J connectivity index is 1.49. The molecule has 2 aromatic carbocycles. The van der Waals surface area contributed by atoms with Gasteiger partial charge in [-0.25, -0.2) is 4.39 Å². The third-order valence-electron chi connectivity index (χ3n) is 5.08. The number of furan rings is 1. The monoisotopic (exact) mass is 450 g/mol. The van der Waals surface area contributed by atoms with E-state index in [4.69, 9.17) is 4.42 Å². The molecule has 4 aromatic rings. The summed E-state index contributed by atoms with van der Waals surface area (Å²) in [6.45, 7) is 4.32. The fraction of sp³-hybridized carbons (Fsp3) is 0.208. The highest BCUT2D eigenvalue weighted by Crippen LogP contribution is 2.28. The molecule has 0 fully saturated rings. The minimum Gasteiger partial charge on any atom is -0.469 e. The first-order valence-electron chi connectivity index (χ1n) is 10.2. The van der Waals surface area contributed by atoms with Gasteiger partial charge < -0.3 is 9.73 Å². The molecule has 0 spiro atoms. The Kier molecular flexibility index (Phi) is 6.70. The number of nitrogens with zero attached hydrogens (tertiary/aromatic N) is 3. The molecule has 2 heterocycles. The molecule has 32 heavy (non-hydrogen) atoms. The SMILES string of the molecule is Cc1occc1-c1nnc(SCC(=O)N[C@@H](C)c2ccc(F)cc2)n1Cc1ccccc1. The second-order valence-electron chi connectivity index (χ2n) is 7.40. The molecule has 0 saturated heterocycles. The Bertz CT molecular complexity index is 1190. The predicted octanol–water partition coefficient (Wildman–Crippen LogP) is 5.00. The summed E-state index contributed by atoms with van der Waals surface area (Å²) in [5.74, 6) is 1.20. The van der Waals surface area contributed by atoms with Crippen LogP contribution in [0.5, 0.6) is 0 Å². The van der Waals surface area contributed by atoms with Crippen molar-refractivity contribution in [3.8, 4) is 11.4 Å². The molecule has 0 aliphatic heterocycles. The van der Waals surface area contributed by atoms with Gasteiger partial charge in [0.25, 0.3) is 0 Å². The smallest absolute Gasteiger partial charge is 0.230 e. The third kappa shape index (κ3) is 5.08. The molecule has 0 bridgehead atoms. The molecule has 0 aliphatic rings. The molecule has 4 rings (SSSR count). The number of rotatable bonds is 8. The number of aromatic nitrogens is 3. The number of nitrogens with one attached hydrogen (secondary N) is 1. The lowest BCUT2D eigenvalue weighted by atomic mass is 10.1. The summed E-state index contributed by atoms with van der Waals surface area (Å²) in [7, 11) is 0. The van der Waals surface area contributed by atoms with Crippen molar-refractivity contribution in [1.29, 1.82) is 0 Å². The van der Waals surface area contributed by atoms with E-state index in [-0.39, 0.29) is 23.5 Å². The largest absolute Gasteiger partial charge is 0.469 e. The molecule has 0 aliphatic carbocycles. The normalized spacial score (nSPS) is 12.0. The van der Waals surface area contributed by atoms with E-state index < -0.39 is 0 Å². The molecule has 0 unspecified atom stereocenters. The van der Waals surface area contributed by atoms with Gasteiger partial charge in [0.05, 0.1) is 30.2 Å².